The minimum atomic E-state index is -0.770. The van der Waals surface area contributed by atoms with Gasteiger partial charge < -0.3 is 9.52 Å². The highest BCUT2D eigenvalue weighted by atomic mass is 19.1. The van der Waals surface area contributed by atoms with E-state index in [2.05, 4.69) is 4.98 Å². The topological polar surface area (TPSA) is 49.5 Å². The van der Waals surface area contributed by atoms with Gasteiger partial charge in [-0.3, -0.25) is 4.90 Å². The standard InChI is InChI=1S/C14H19FN2O2/c1-4-17(9-14(2,3)18)8-13-16-11-6-5-10(15)7-12(11)19-13/h5-7,18H,4,8-9H2,1-3H3. The van der Waals surface area contributed by atoms with Crippen LogP contribution in [0.3, 0.4) is 0 Å². The Morgan fingerprint density at radius 2 is 2.16 bits per heavy atom. The van der Waals surface area contributed by atoms with Gasteiger partial charge in [-0.2, -0.15) is 0 Å². The number of nitrogens with zero attached hydrogens (tertiary/aromatic N) is 2. The first-order chi connectivity index (χ1) is 8.87. The van der Waals surface area contributed by atoms with E-state index in [1.165, 1.54) is 12.1 Å². The molecule has 0 radical (unpaired) electrons. The highest BCUT2D eigenvalue weighted by Gasteiger charge is 2.19. The molecule has 0 fully saturated rings. The van der Waals surface area contributed by atoms with E-state index < -0.39 is 5.60 Å². The third kappa shape index (κ3) is 3.75. The van der Waals surface area contributed by atoms with Crippen molar-refractivity contribution in [3.05, 3.63) is 29.9 Å². The van der Waals surface area contributed by atoms with Crippen LogP contribution in [0.1, 0.15) is 26.7 Å². The lowest BCUT2D eigenvalue weighted by Gasteiger charge is -2.26. The molecule has 0 saturated carbocycles. The van der Waals surface area contributed by atoms with Gasteiger partial charge in [-0.15, -0.1) is 0 Å². The van der Waals surface area contributed by atoms with Gasteiger partial charge in [0.2, 0.25) is 5.89 Å². The van der Waals surface area contributed by atoms with Crippen LogP contribution in [-0.2, 0) is 6.54 Å². The molecule has 0 aliphatic heterocycles. The van der Waals surface area contributed by atoms with E-state index in [4.69, 9.17) is 4.42 Å². The largest absolute Gasteiger partial charge is 0.439 e. The smallest absolute Gasteiger partial charge is 0.209 e. The zero-order valence-corrected chi connectivity index (χ0v) is 11.5. The van der Waals surface area contributed by atoms with E-state index in [1.807, 2.05) is 11.8 Å². The molecule has 0 atom stereocenters. The lowest BCUT2D eigenvalue weighted by molar-refractivity contribution is 0.0330. The number of halogens is 1. The molecule has 2 aromatic rings. The SMILES string of the molecule is CCN(Cc1nc2ccc(F)cc2o1)CC(C)(C)O. The van der Waals surface area contributed by atoms with Crippen molar-refractivity contribution in [1.82, 2.24) is 9.88 Å². The van der Waals surface area contributed by atoms with Crippen molar-refractivity contribution in [3.63, 3.8) is 0 Å². The van der Waals surface area contributed by atoms with Gasteiger partial charge in [-0.05, 0) is 32.5 Å². The van der Waals surface area contributed by atoms with E-state index in [1.54, 1.807) is 19.9 Å². The number of benzene rings is 1. The van der Waals surface area contributed by atoms with Gasteiger partial charge >= 0.3 is 0 Å². The van der Waals surface area contributed by atoms with Gasteiger partial charge in [0.05, 0.1) is 12.1 Å². The number of oxazole rings is 1. The number of hydrogen-bond donors (Lipinski definition) is 1. The molecule has 1 aromatic carbocycles. The maximum atomic E-state index is 13.1. The number of hydrogen-bond acceptors (Lipinski definition) is 4. The second kappa shape index (κ2) is 5.27. The summed E-state index contributed by atoms with van der Waals surface area (Å²) < 4.78 is 18.6. The summed E-state index contributed by atoms with van der Waals surface area (Å²) in [6, 6.07) is 4.30. The second-order valence-electron chi connectivity index (χ2n) is 5.34. The third-order valence-corrected chi connectivity index (χ3v) is 2.81. The number of aromatic nitrogens is 1. The zero-order valence-electron chi connectivity index (χ0n) is 11.5. The first-order valence-corrected chi connectivity index (χ1v) is 6.37. The van der Waals surface area contributed by atoms with E-state index in [0.717, 1.165) is 6.54 Å². The Kier molecular flexibility index (Phi) is 3.87. The molecular formula is C14H19FN2O2. The summed E-state index contributed by atoms with van der Waals surface area (Å²) in [5, 5.41) is 9.83. The zero-order chi connectivity index (χ0) is 14.0. The lowest BCUT2D eigenvalue weighted by atomic mass is 10.1. The van der Waals surface area contributed by atoms with E-state index >= 15 is 0 Å². The molecule has 5 heteroatoms. The van der Waals surface area contributed by atoms with Gasteiger partial charge in [0.1, 0.15) is 11.3 Å². The van der Waals surface area contributed by atoms with Crippen LogP contribution in [0.4, 0.5) is 4.39 Å². The van der Waals surface area contributed by atoms with Gasteiger partial charge in [0.25, 0.3) is 0 Å². The van der Waals surface area contributed by atoms with Crippen molar-refractivity contribution in [1.29, 1.82) is 0 Å². The molecule has 0 bridgehead atoms. The van der Waals surface area contributed by atoms with Gasteiger partial charge in [0, 0.05) is 12.6 Å². The molecule has 0 aliphatic carbocycles. The summed E-state index contributed by atoms with van der Waals surface area (Å²) in [5.74, 6) is 0.200. The molecule has 19 heavy (non-hydrogen) atoms. The Morgan fingerprint density at radius 3 is 2.79 bits per heavy atom. The third-order valence-electron chi connectivity index (χ3n) is 2.81. The van der Waals surface area contributed by atoms with E-state index in [0.29, 0.717) is 30.1 Å². The van der Waals surface area contributed by atoms with Crippen LogP contribution < -0.4 is 0 Å². The summed E-state index contributed by atoms with van der Waals surface area (Å²) in [6.45, 7) is 7.33. The van der Waals surface area contributed by atoms with Crippen molar-refractivity contribution in [2.24, 2.45) is 0 Å². The van der Waals surface area contributed by atoms with Gasteiger partial charge in [-0.1, -0.05) is 6.92 Å². The molecule has 0 amide bonds. The molecular weight excluding hydrogens is 247 g/mol. The molecule has 0 spiro atoms. The van der Waals surface area contributed by atoms with Crippen molar-refractivity contribution in [3.8, 4) is 0 Å². The lowest BCUT2D eigenvalue weighted by Crippen LogP contribution is -2.38. The average molecular weight is 266 g/mol. The number of aliphatic hydroxyl groups is 1. The number of fused-ring (bicyclic) bond motifs is 1. The summed E-state index contributed by atoms with van der Waals surface area (Å²) >= 11 is 0. The fourth-order valence-electron chi connectivity index (χ4n) is 2.03. The Bertz CT molecular complexity index is 560. The van der Waals surface area contributed by atoms with Crippen molar-refractivity contribution < 1.29 is 13.9 Å². The average Bonchev–Trinajstić information content (AvgIpc) is 2.67. The monoisotopic (exact) mass is 266 g/mol. The highest BCUT2D eigenvalue weighted by Crippen LogP contribution is 2.18. The summed E-state index contributed by atoms with van der Waals surface area (Å²) in [4.78, 5) is 6.34. The van der Waals surface area contributed by atoms with Crippen molar-refractivity contribution in [2.45, 2.75) is 32.9 Å². The van der Waals surface area contributed by atoms with E-state index in [9.17, 15) is 9.50 Å². The van der Waals surface area contributed by atoms with E-state index in [-0.39, 0.29) is 5.82 Å². The second-order valence-corrected chi connectivity index (χ2v) is 5.34. The van der Waals surface area contributed by atoms with Crippen LogP contribution >= 0.6 is 0 Å². The highest BCUT2D eigenvalue weighted by molar-refractivity contribution is 5.72. The predicted molar refractivity (Wildman–Crippen MR) is 71.2 cm³/mol. The molecule has 4 nitrogen and oxygen atoms in total. The Hall–Kier alpha value is -1.46. The van der Waals surface area contributed by atoms with Crippen LogP contribution in [0, 0.1) is 5.82 Å². The predicted octanol–water partition coefficient (Wildman–Crippen LogP) is 2.56. The Balaban J connectivity index is 2.15. The van der Waals surface area contributed by atoms with Crippen LogP contribution in [0.5, 0.6) is 0 Å². The summed E-state index contributed by atoms with van der Waals surface area (Å²) in [7, 11) is 0. The number of likely N-dealkylation sites (N-methyl/N-ethyl adjacent to an activating group) is 1. The first-order valence-electron chi connectivity index (χ1n) is 6.37. The van der Waals surface area contributed by atoms with Gasteiger partial charge in [0.15, 0.2) is 5.58 Å². The molecule has 0 aliphatic rings. The normalized spacial score (nSPS) is 12.5. The van der Waals surface area contributed by atoms with Crippen molar-refractivity contribution >= 4 is 11.1 Å². The molecule has 1 heterocycles. The maximum Gasteiger partial charge on any atom is 0.209 e. The molecule has 1 N–H and O–H groups in total. The van der Waals surface area contributed by atoms with Gasteiger partial charge in [-0.25, -0.2) is 9.37 Å². The molecule has 2 rings (SSSR count). The first kappa shape index (κ1) is 14.0. The fourth-order valence-corrected chi connectivity index (χ4v) is 2.03. The number of rotatable bonds is 5. The fraction of sp³-hybridized carbons (Fsp3) is 0.500. The molecule has 104 valence electrons. The molecule has 0 unspecified atom stereocenters. The maximum absolute atomic E-state index is 13.1. The minimum Gasteiger partial charge on any atom is -0.439 e. The van der Waals surface area contributed by atoms with Crippen LogP contribution in [0.25, 0.3) is 11.1 Å². The molecule has 0 saturated heterocycles. The Labute approximate surface area is 111 Å². The van der Waals surface area contributed by atoms with Crippen LogP contribution in [0.15, 0.2) is 22.6 Å². The summed E-state index contributed by atoms with van der Waals surface area (Å²) in [6.07, 6.45) is 0. The molecule has 1 aromatic heterocycles. The van der Waals surface area contributed by atoms with Crippen LogP contribution in [-0.4, -0.2) is 33.7 Å². The van der Waals surface area contributed by atoms with Crippen LogP contribution in [0.2, 0.25) is 0 Å². The van der Waals surface area contributed by atoms with Crippen molar-refractivity contribution in [2.75, 3.05) is 13.1 Å². The minimum absolute atomic E-state index is 0.334. The quantitative estimate of drug-likeness (QED) is 0.903. The Morgan fingerprint density at radius 1 is 1.42 bits per heavy atom. The summed E-state index contributed by atoms with van der Waals surface area (Å²) in [5.41, 5.74) is 0.332.